The van der Waals surface area contributed by atoms with Gasteiger partial charge in [-0.1, -0.05) is 24.3 Å². The van der Waals surface area contributed by atoms with Crippen LogP contribution in [0, 0.1) is 6.92 Å². The molecule has 0 bridgehead atoms. The van der Waals surface area contributed by atoms with Gasteiger partial charge in [0, 0.05) is 35.6 Å². The maximum atomic E-state index is 12.8. The summed E-state index contributed by atoms with van der Waals surface area (Å²) in [6, 6.07) is 6.68. The highest BCUT2D eigenvalue weighted by Crippen LogP contribution is 2.34. The number of imidazole rings is 1. The Balaban J connectivity index is 1.51. The first-order valence-corrected chi connectivity index (χ1v) is 8.77. The Bertz CT molecular complexity index is 1000. The summed E-state index contributed by atoms with van der Waals surface area (Å²) in [6.45, 7) is 2.99. The molecule has 7 nitrogen and oxygen atoms in total. The maximum absolute atomic E-state index is 12.8. The number of aryl methyl sites for hydroxylation is 1. The van der Waals surface area contributed by atoms with E-state index >= 15 is 0 Å². The number of nitrogens with one attached hydrogen (secondary N) is 1. The third-order valence-corrected chi connectivity index (χ3v) is 4.77. The van der Waals surface area contributed by atoms with E-state index in [0.29, 0.717) is 23.2 Å². The van der Waals surface area contributed by atoms with Crippen molar-refractivity contribution in [2.45, 2.75) is 26.1 Å². The van der Waals surface area contributed by atoms with Crippen LogP contribution in [0.15, 0.2) is 47.4 Å². The van der Waals surface area contributed by atoms with Gasteiger partial charge in [0.2, 0.25) is 5.78 Å². The molecule has 0 amide bonds. The number of carbonyl (C=O) groups is 2. The van der Waals surface area contributed by atoms with Crippen molar-refractivity contribution in [3.63, 3.8) is 0 Å². The molecule has 0 spiro atoms. The lowest BCUT2D eigenvalue weighted by Crippen LogP contribution is -2.23. The second-order valence-corrected chi connectivity index (χ2v) is 6.51. The molecule has 0 radical (unpaired) electrons. The number of nitrogens with zero attached hydrogens (tertiary/aromatic N) is 2. The molecular weight excluding hydrogens is 346 g/mol. The summed E-state index contributed by atoms with van der Waals surface area (Å²) in [4.78, 5) is 29.4. The van der Waals surface area contributed by atoms with E-state index < -0.39 is 6.23 Å². The van der Waals surface area contributed by atoms with Crippen molar-refractivity contribution in [2.24, 2.45) is 0 Å². The van der Waals surface area contributed by atoms with Crippen molar-refractivity contribution in [2.75, 3.05) is 6.54 Å². The average molecular weight is 365 g/mol. The van der Waals surface area contributed by atoms with Crippen LogP contribution in [-0.4, -0.2) is 32.8 Å². The molecule has 3 aromatic rings. The number of furan rings is 1. The molecule has 1 atom stereocenters. The number of fused-ring (bicyclic) bond motifs is 2. The zero-order valence-electron chi connectivity index (χ0n) is 14.8. The van der Waals surface area contributed by atoms with Gasteiger partial charge in [0.15, 0.2) is 23.5 Å². The van der Waals surface area contributed by atoms with Gasteiger partial charge in [-0.05, 0) is 19.9 Å². The third kappa shape index (κ3) is 3.01. The summed E-state index contributed by atoms with van der Waals surface area (Å²) in [7, 11) is 0. The quantitative estimate of drug-likeness (QED) is 0.402. The number of aliphatic hydroxyl groups excluding tert-OH is 1. The normalized spacial score (nSPS) is 14.1. The first kappa shape index (κ1) is 17.4. The molecule has 4 rings (SSSR count). The molecule has 1 aromatic carbocycles. The van der Waals surface area contributed by atoms with E-state index in [4.69, 9.17) is 4.42 Å². The van der Waals surface area contributed by atoms with Gasteiger partial charge in [-0.2, -0.15) is 0 Å². The van der Waals surface area contributed by atoms with Crippen LogP contribution in [-0.2, 0) is 6.54 Å². The van der Waals surface area contributed by atoms with Gasteiger partial charge in [-0.15, -0.1) is 0 Å². The number of benzene rings is 1. The van der Waals surface area contributed by atoms with Crippen molar-refractivity contribution in [3.8, 4) is 0 Å². The van der Waals surface area contributed by atoms with Crippen LogP contribution in [0.2, 0.25) is 0 Å². The highest BCUT2D eigenvalue weighted by Gasteiger charge is 2.36. The van der Waals surface area contributed by atoms with Gasteiger partial charge >= 0.3 is 0 Å². The first-order valence-electron chi connectivity index (χ1n) is 8.77. The standard InChI is InChI=1S/C20H19N3O4/c1-12-15-16(24)13-5-2-3-6-14(13)17(25)19(15)27-18(12)20(26)22-7-4-9-23-10-8-21-11-23/h2-3,5-6,8,10-11,20,22,26H,4,7,9H2,1H3. The lowest BCUT2D eigenvalue weighted by Gasteiger charge is -2.12. The number of hydrogen-bond acceptors (Lipinski definition) is 6. The number of hydrogen-bond donors (Lipinski definition) is 2. The summed E-state index contributed by atoms with van der Waals surface area (Å²) < 4.78 is 7.59. The van der Waals surface area contributed by atoms with E-state index in [1.165, 1.54) is 0 Å². The molecular formula is C20H19N3O4. The molecule has 1 unspecified atom stereocenters. The third-order valence-electron chi connectivity index (χ3n) is 4.77. The highest BCUT2D eigenvalue weighted by molar-refractivity contribution is 6.27. The van der Waals surface area contributed by atoms with E-state index in [1.54, 1.807) is 43.7 Å². The molecule has 0 fully saturated rings. The second kappa shape index (κ2) is 6.94. The van der Waals surface area contributed by atoms with Crippen molar-refractivity contribution in [3.05, 3.63) is 76.8 Å². The van der Waals surface area contributed by atoms with E-state index in [1.807, 2.05) is 10.8 Å². The fourth-order valence-corrected chi connectivity index (χ4v) is 3.37. The lowest BCUT2D eigenvalue weighted by molar-refractivity contribution is 0.0933. The largest absolute Gasteiger partial charge is 0.452 e. The van der Waals surface area contributed by atoms with Gasteiger partial charge in [-0.3, -0.25) is 14.9 Å². The monoisotopic (exact) mass is 365 g/mol. The number of ketones is 2. The molecule has 2 aromatic heterocycles. The summed E-state index contributed by atoms with van der Waals surface area (Å²) in [6.07, 6.45) is 5.00. The summed E-state index contributed by atoms with van der Waals surface area (Å²) >= 11 is 0. The van der Waals surface area contributed by atoms with Crippen LogP contribution < -0.4 is 5.32 Å². The van der Waals surface area contributed by atoms with E-state index in [9.17, 15) is 14.7 Å². The van der Waals surface area contributed by atoms with Gasteiger partial charge in [0.25, 0.3) is 0 Å². The fraction of sp³-hybridized carbons (Fsp3) is 0.250. The highest BCUT2D eigenvalue weighted by atomic mass is 16.4. The molecule has 2 N–H and O–H groups in total. The Hall–Kier alpha value is -3.03. The zero-order valence-corrected chi connectivity index (χ0v) is 14.8. The SMILES string of the molecule is Cc1c(C(O)NCCCn2ccnc2)oc2c1C(=O)c1ccccc1C2=O. The van der Waals surface area contributed by atoms with Crippen LogP contribution >= 0.6 is 0 Å². The Morgan fingerprint density at radius 2 is 1.96 bits per heavy atom. The number of aromatic nitrogens is 2. The van der Waals surface area contributed by atoms with Crippen molar-refractivity contribution < 1.29 is 19.1 Å². The molecule has 0 saturated heterocycles. The molecule has 7 heteroatoms. The number of aliphatic hydroxyl groups is 1. The predicted molar refractivity (Wildman–Crippen MR) is 96.6 cm³/mol. The molecule has 138 valence electrons. The molecule has 0 saturated carbocycles. The topological polar surface area (TPSA) is 97.4 Å². The zero-order chi connectivity index (χ0) is 19.0. The second-order valence-electron chi connectivity index (χ2n) is 6.51. The molecule has 0 aliphatic heterocycles. The number of carbonyl (C=O) groups excluding carboxylic acids is 2. The van der Waals surface area contributed by atoms with Crippen LogP contribution in [0.1, 0.15) is 56.0 Å². The summed E-state index contributed by atoms with van der Waals surface area (Å²) in [5.41, 5.74) is 1.44. The molecule has 1 aliphatic rings. The Labute approximate surface area is 155 Å². The summed E-state index contributed by atoms with van der Waals surface area (Å²) in [5, 5.41) is 13.4. The van der Waals surface area contributed by atoms with Crippen LogP contribution in [0.5, 0.6) is 0 Å². The fourth-order valence-electron chi connectivity index (χ4n) is 3.37. The van der Waals surface area contributed by atoms with Gasteiger partial charge in [0.1, 0.15) is 0 Å². The first-order chi connectivity index (χ1) is 13.1. The smallest absolute Gasteiger partial charge is 0.229 e. The van der Waals surface area contributed by atoms with Crippen molar-refractivity contribution in [1.29, 1.82) is 0 Å². The van der Waals surface area contributed by atoms with Crippen molar-refractivity contribution >= 4 is 11.6 Å². The van der Waals surface area contributed by atoms with Crippen LogP contribution in [0.4, 0.5) is 0 Å². The van der Waals surface area contributed by atoms with E-state index in [2.05, 4.69) is 10.3 Å². The van der Waals surface area contributed by atoms with Gasteiger partial charge in [0.05, 0.1) is 11.9 Å². The minimum absolute atomic E-state index is 0.00506. The minimum atomic E-state index is -1.10. The average Bonchev–Trinajstić information content (AvgIpc) is 3.31. The maximum Gasteiger partial charge on any atom is 0.229 e. The lowest BCUT2D eigenvalue weighted by atomic mass is 9.87. The number of rotatable bonds is 6. The van der Waals surface area contributed by atoms with Crippen molar-refractivity contribution in [1.82, 2.24) is 14.9 Å². The Morgan fingerprint density at radius 1 is 1.22 bits per heavy atom. The van der Waals surface area contributed by atoms with Crippen LogP contribution in [0.3, 0.4) is 0 Å². The van der Waals surface area contributed by atoms with Gasteiger partial charge in [-0.25, -0.2) is 4.98 Å². The molecule has 27 heavy (non-hydrogen) atoms. The summed E-state index contributed by atoms with van der Waals surface area (Å²) in [5.74, 6) is -0.371. The molecule has 2 heterocycles. The van der Waals surface area contributed by atoms with Crippen LogP contribution in [0.25, 0.3) is 0 Å². The minimum Gasteiger partial charge on any atom is -0.452 e. The Morgan fingerprint density at radius 3 is 2.67 bits per heavy atom. The van der Waals surface area contributed by atoms with E-state index in [-0.39, 0.29) is 28.7 Å². The van der Waals surface area contributed by atoms with E-state index in [0.717, 1.165) is 13.0 Å². The Kier molecular flexibility index (Phi) is 4.47. The predicted octanol–water partition coefficient (Wildman–Crippen LogP) is 2.23. The molecule has 1 aliphatic carbocycles. The van der Waals surface area contributed by atoms with Gasteiger partial charge < -0.3 is 14.1 Å².